The first kappa shape index (κ1) is 11.2. The molecule has 1 rings (SSSR count). The van der Waals surface area contributed by atoms with Crippen molar-refractivity contribution in [2.75, 3.05) is 20.1 Å². The molecule has 1 aliphatic rings. The summed E-state index contributed by atoms with van der Waals surface area (Å²) in [6.45, 7) is 4.41. The van der Waals surface area contributed by atoms with Crippen LogP contribution in [0.5, 0.6) is 0 Å². The predicted octanol–water partition coefficient (Wildman–Crippen LogP) is 1.21. The van der Waals surface area contributed by atoms with E-state index in [-0.39, 0.29) is 0 Å². The molecule has 0 aromatic rings. The van der Waals surface area contributed by atoms with E-state index in [4.69, 9.17) is 11.1 Å². The highest BCUT2D eigenvalue weighted by molar-refractivity contribution is 5.74. The van der Waals surface area contributed by atoms with Gasteiger partial charge in [0.1, 0.15) is 0 Å². The molecule has 0 bridgehead atoms. The number of nitrogens with zero attached hydrogens (tertiary/aromatic N) is 1. The van der Waals surface area contributed by atoms with E-state index in [1.54, 1.807) is 6.92 Å². The van der Waals surface area contributed by atoms with Gasteiger partial charge in [0, 0.05) is 6.21 Å². The number of rotatable bonds is 1. The van der Waals surface area contributed by atoms with Crippen LogP contribution in [-0.2, 0) is 0 Å². The minimum absolute atomic E-state index is 0.787. The van der Waals surface area contributed by atoms with Gasteiger partial charge in [-0.1, -0.05) is 0 Å². The molecule has 3 N–H and O–H groups in total. The Morgan fingerprint density at radius 1 is 1.42 bits per heavy atom. The molecule has 3 heteroatoms. The lowest BCUT2D eigenvalue weighted by atomic mass is 10.4. The Hall–Kier alpha value is -0.830. The lowest BCUT2D eigenvalue weighted by Gasteiger charge is -2.01. The lowest BCUT2D eigenvalue weighted by molar-refractivity contribution is 0.418. The highest BCUT2D eigenvalue weighted by Gasteiger charge is 2.03. The number of likely N-dealkylation sites (tertiary alicyclic amines) is 1. The largest absolute Gasteiger partial charge is 0.404 e. The monoisotopic (exact) mass is 169 g/mol. The van der Waals surface area contributed by atoms with Crippen LogP contribution < -0.4 is 5.73 Å². The van der Waals surface area contributed by atoms with Crippen molar-refractivity contribution in [2.45, 2.75) is 19.8 Å². The van der Waals surface area contributed by atoms with Crippen molar-refractivity contribution in [1.29, 1.82) is 5.41 Å². The van der Waals surface area contributed by atoms with Crippen LogP contribution in [0, 0.1) is 5.41 Å². The summed E-state index contributed by atoms with van der Waals surface area (Å²) in [6.07, 6.45) is 5.43. The van der Waals surface area contributed by atoms with Gasteiger partial charge in [-0.2, -0.15) is 0 Å². The van der Waals surface area contributed by atoms with Crippen LogP contribution in [-0.4, -0.2) is 31.3 Å². The zero-order valence-corrected chi connectivity index (χ0v) is 8.01. The Morgan fingerprint density at radius 2 is 1.92 bits per heavy atom. The summed E-state index contributed by atoms with van der Waals surface area (Å²) in [4.78, 5) is 2.36. The van der Waals surface area contributed by atoms with E-state index in [0.29, 0.717) is 0 Å². The van der Waals surface area contributed by atoms with Gasteiger partial charge in [-0.25, -0.2) is 0 Å². The first-order valence-electron chi connectivity index (χ1n) is 4.28. The van der Waals surface area contributed by atoms with Gasteiger partial charge in [0.05, 0.1) is 0 Å². The SMILES string of the molecule is C/C(C=N)=C/N.CN1CCCC1. The second kappa shape index (κ2) is 6.85. The number of hydrogen-bond acceptors (Lipinski definition) is 3. The third kappa shape index (κ3) is 5.92. The predicted molar refractivity (Wildman–Crippen MR) is 53.5 cm³/mol. The third-order valence-electron chi connectivity index (χ3n) is 1.82. The highest BCUT2D eigenvalue weighted by Crippen LogP contribution is 2.02. The van der Waals surface area contributed by atoms with Gasteiger partial charge in [0.15, 0.2) is 0 Å². The Morgan fingerprint density at radius 3 is 2.00 bits per heavy atom. The van der Waals surface area contributed by atoms with Crippen molar-refractivity contribution in [3.63, 3.8) is 0 Å². The summed E-state index contributed by atoms with van der Waals surface area (Å²) in [6, 6.07) is 0. The van der Waals surface area contributed by atoms with E-state index < -0.39 is 0 Å². The van der Waals surface area contributed by atoms with Crippen molar-refractivity contribution in [3.05, 3.63) is 11.8 Å². The molecule has 0 spiro atoms. The molecule has 0 aromatic heterocycles. The van der Waals surface area contributed by atoms with Crippen LogP contribution >= 0.6 is 0 Å². The van der Waals surface area contributed by atoms with E-state index in [2.05, 4.69) is 11.9 Å². The molecule has 0 saturated carbocycles. The zero-order chi connectivity index (χ0) is 9.40. The van der Waals surface area contributed by atoms with E-state index >= 15 is 0 Å². The first-order chi connectivity index (χ1) is 5.70. The van der Waals surface area contributed by atoms with Crippen molar-refractivity contribution in [2.24, 2.45) is 5.73 Å². The molecule has 1 heterocycles. The molecule has 0 aliphatic carbocycles. The molecular formula is C9H19N3. The Bertz CT molecular complexity index is 146. The van der Waals surface area contributed by atoms with Crippen molar-refractivity contribution >= 4 is 6.21 Å². The van der Waals surface area contributed by atoms with Crippen molar-refractivity contribution in [3.8, 4) is 0 Å². The van der Waals surface area contributed by atoms with Gasteiger partial charge in [-0.3, -0.25) is 0 Å². The van der Waals surface area contributed by atoms with Gasteiger partial charge >= 0.3 is 0 Å². The molecule has 0 amide bonds. The fourth-order valence-electron chi connectivity index (χ4n) is 0.923. The minimum atomic E-state index is 0.787. The molecule has 0 unspecified atom stereocenters. The number of allylic oxidation sites excluding steroid dienone is 1. The average molecular weight is 169 g/mol. The molecular weight excluding hydrogens is 150 g/mol. The van der Waals surface area contributed by atoms with E-state index in [1.165, 1.54) is 38.3 Å². The van der Waals surface area contributed by atoms with E-state index in [0.717, 1.165) is 5.57 Å². The van der Waals surface area contributed by atoms with Gasteiger partial charge in [-0.05, 0) is 51.7 Å². The maximum Gasteiger partial charge on any atom is 0.0221 e. The summed E-state index contributed by atoms with van der Waals surface area (Å²) in [5, 5.41) is 6.54. The third-order valence-corrected chi connectivity index (χ3v) is 1.82. The van der Waals surface area contributed by atoms with Crippen molar-refractivity contribution < 1.29 is 0 Å². The van der Waals surface area contributed by atoms with Gasteiger partial charge < -0.3 is 16.0 Å². The van der Waals surface area contributed by atoms with E-state index in [1.807, 2.05) is 0 Å². The first-order valence-corrected chi connectivity index (χ1v) is 4.28. The smallest absolute Gasteiger partial charge is 0.0221 e. The summed E-state index contributed by atoms with van der Waals surface area (Å²) < 4.78 is 0. The van der Waals surface area contributed by atoms with Crippen molar-refractivity contribution in [1.82, 2.24) is 4.90 Å². The summed E-state index contributed by atoms with van der Waals surface area (Å²) in [7, 11) is 2.17. The number of hydrogen-bond donors (Lipinski definition) is 2. The van der Waals surface area contributed by atoms with Crippen LogP contribution in [0.3, 0.4) is 0 Å². The zero-order valence-electron chi connectivity index (χ0n) is 8.01. The fourth-order valence-corrected chi connectivity index (χ4v) is 0.923. The molecule has 3 nitrogen and oxygen atoms in total. The summed E-state index contributed by atoms with van der Waals surface area (Å²) >= 11 is 0. The van der Waals surface area contributed by atoms with Crippen LogP contribution in [0.2, 0.25) is 0 Å². The molecule has 1 fully saturated rings. The number of nitrogens with two attached hydrogens (primary N) is 1. The number of nitrogens with one attached hydrogen (secondary N) is 1. The Balaban J connectivity index is 0.000000202. The molecule has 1 aliphatic heterocycles. The maximum atomic E-state index is 6.54. The van der Waals surface area contributed by atoms with Crippen LogP contribution in [0.15, 0.2) is 11.8 Å². The second-order valence-electron chi connectivity index (χ2n) is 3.07. The molecule has 0 aromatic carbocycles. The van der Waals surface area contributed by atoms with Gasteiger partial charge in [0.25, 0.3) is 0 Å². The normalized spacial score (nSPS) is 18.3. The summed E-state index contributed by atoms with van der Waals surface area (Å²) in [5.41, 5.74) is 5.76. The highest BCUT2D eigenvalue weighted by atomic mass is 15.1. The minimum Gasteiger partial charge on any atom is -0.404 e. The van der Waals surface area contributed by atoms with Crippen LogP contribution in [0.4, 0.5) is 0 Å². The standard InChI is InChI=1S/C5H11N.C4H8N2/c1-6-4-2-3-5-6;1-4(2-5)3-6/h2-5H2,1H3;2-3,5H,6H2,1H3/b;4-3-,5-2?. The molecule has 0 atom stereocenters. The van der Waals surface area contributed by atoms with Crippen LogP contribution in [0.25, 0.3) is 0 Å². The second-order valence-corrected chi connectivity index (χ2v) is 3.07. The average Bonchev–Trinajstić information content (AvgIpc) is 2.55. The quantitative estimate of drug-likeness (QED) is 0.580. The Labute approximate surface area is 74.8 Å². The molecule has 70 valence electrons. The summed E-state index contributed by atoms with van der Waals surface area (Å²) in [5.74, 6) is 0. The topological polar surface area (TPSA) is 53.1 Å². The Kier molecular flexibility index (Phi) is 6.38. The lowest BCUT2D eigenvalue weighted by Crippen LogP contribution is -2.10. The fraction of sp³-hybridized carbons (Fsp3) is 0.667. The molecule has 1 saturated heterocycles. The molecule has 0 radical (unpaired) electrons. The van der Waals surface area contributed by atoms with E-state index in [9.17, 15) is 0 Å². The van der Waals surface area contributed by atoms with Gasteiger partial charge in [-0.15, -0.1) is 0 Å². The maximum absolute atomic E-state index is 6.54. The van der Waals surface area contributed by atoms with Crippen LogP contribution in [0.1, 0.15) is 19.8 Å². The molecule has 12 heavy (non-hydrogen) atoms. The van der Waals surface area contributed by atoms with Gasteiger partial charge in [0.2, 0.25) is 0 Å².